The van der Waals surface area contributed by atoms with Crippen LogP contribution in [0.1, 0.15) is 13.8 Å². The van der Waals surface area contributed by atoms with Gasteiger partial charge < -0.3 is 9.47 Å². The number of hydrogen-bond acceptors (Lipinski definition) is 2. The Bertz CT molecular complexity index is 344. The molecule has 1 aliphatic carbocycles. The van der Waals surface area contributed by atoms with E-state index in [1.54, 1.807) is 0 Å². The molecule has 0 aromatic heterocycles. The van der Waals surface area contributed by atoms with Gasteiger partial charge in [-0.15, -0.1) is 0 Å². The maximum Gasteiger partial charge on any atom is 0.232 e. The number of allylic oxidation sites excluding steroid dienone is 3. The molecule has 0 spiro atoms. The van der Waals surface area contributed by atoms with Gasteiger partial charge in [0.15, 0.2) is 5.76 Å². The van der Waals surface area contributed by atoms with E-state index in [9.17, 15) is 0 Å². The molecule has 0 unspecified atom stereocenters. The standard InChI is InChI=1S/C10H10O2.Lr/c1-7-3-4-9-10(5-8(7)2)12-6-11-9;/h3,5H,6H2,1-2H3;. The Morgan fingerprint density at radius 2 is 2.00 bits per heavy atom. The van der Waals surface area contributed by atoms with Crippen molar-refractivity contribution in [2.24, 2.45) is 0 Å². The molecular weight excluding hydrogens is 414 g/mol. The van der Waals surface area contributed by atoms with E-state index in [-0.39, 0.29) is 0 Å². The van der Waals surface area contributed by atoms with Crippen LogP contribution in [0.25, 0.3) is 0 Å². The van der Waals surface area contributed by atoms with Gasteiger partial charge in [0, 0.05) is 0 Å². The van der Waals surface area contributed by atoms with E-state index in [1.165, 1.54) is 11.1 Å². The number of fused-ring (bicyclic) bond motifs is 1. The molecule has 2 aliphatic rings. The quantitative estimate of drug-likeness (QED) is 0.556. The van der Waals surface area contributed by atoms with Crippen LogP contribution in [0.5, 0.6) is 0 Å². The molecule has 1 saturated heterocycles. The maximum atomic E-state index is 5.24. The van der Waals surface area contributed by atoms with Crippen molar-refractivity contribution < 1.29 is 9.47 Å². The van der Waals surface area contributed by atoms with Crippen LogP contribution in [-0.2, 0) is 9.47 Å². The third kappa shape index (κ3) is 1.31. The zero-order valence-electron chi connectivity index (χ0n) is 7.44. The predicted molar refractivity (Wildman–Crippen MR) is 45.1 cm³/mol. The summed E-state index contributed by atoms with van der Waals surface area (Å²) in [6.45, 7) is 4.40. The molecule has 0 aromatic rings. The van der Waals surface area contributed by atoms with Gasteiger partial charge in [-0.25, -0.2) is 0 Å². The van der Waals surface area contributed by atoms with Crippen LogP contribution in [0.15, 0.2) is 40.5 Å². The van der Waals surface area contributed by atoms with E-state index in [0.29, 0.717) is 12.6 Å². The van der Waals surface area contributed by atoms with Crippen LogP contribution in [-0.4, -0.2) is 6.79 Å². The van der Waals surface area contributed by atoms with Crippen LogP contribution < -0.4 is 0 Å². The Hall–Kier alpha value is -2.40. The van der Waals surface area contributed by atoms with Gasteiger partial charge in [0.05, 0.1) is 0 Å². The summed E-state index contributed by atoms with van der Waals surface area (Å²) in [6.07, 6.45) is 3.90. The van der Waals surface area contributed by atoms with Crippen molar-refractivity contribution in [3.63, 3.8) is 0 Å². The molecule has 1 aliphatic heterocycles. The van der Waals surface area contributed by atoms with Gasteiger partial charge in [0.25, 0.3) is 0 Å². The summed E-state index contributed by atoms with van der Waals surface area (Å²) in [6, 6.07) is 0. The zero-order chi connectivity index (χ0) is 8.55. The molecule has 0 aromatic carbocycles. The summed E-state index contributed by atoms with van der Waals surface area (Å²) in [5.41, 5.74) is 5.43. The van der Waals surface area contributed by atoms with Crippen molar-refractivity contribution in [3.05, 3.63) is 40.5 Å². The Morgan fingerprint density at radius 3 is 2.77 bits per heavy atom. The van der Waals surface area contributed by atoms with E-state index in [0.717, 1.165) is 5.76 Å². The van der Waals surface area contributed by atoms with Crippen LogP contribution in [0.2, 0.25) is 0 Å². The minimum Gasteiger partial charge on any atom is -0.453 e. The van der Waals surface area contributed by atoms with Gasteiger partial charge in [-0.1, -0.05) is 5.73 Å². The third-order valence-electron chi connectivity index (χ3n) is 2.03. The van der Waals surface area contributed by atoms with Gasteiger partial charge >= 0.3 is 0 Å². The first-order valence-corrected chi connectivity index (χ1v) is 3.89. The van der Waals surface area contributed by atoms with Gasteiger partial charge in [-0.2, -0.15) is 0 Å². The fourth-order valence-electron chi connectivity index (χ4n) is 1.11. The Balaban J connectivity index is 0.000000845. The molecule has 2 nitrogen and oxygen atoms in total. The van der Waals surface area contributed by atoms with Crippen molar-refractivity contribution in [1.82, 2.24) is 0 Å². The van der Waals surface area contributed by atoms with Crippen molar-refractivity contribution in [2.75, 3.05) is 6.79 Å². The fraction of sp³-hybridized carbons (Fsp3) is 0.300. The van der Waals surface area contributed by atoms with Gasteiger partial charge in [0.2, 0.25) is 12.6 Å². The van der Waals surface area contributed by atoms with E-state index >= 15 is 0 Å². The summed E-state index contributed by atoms with van der Waals surface area (Å²) >= 11 is 0. The second kappa shape index (κ2) is 2.92. The summed E-state index contributed by atoms with van der Waals surface area (Å²) in [7, 11) is 0. The molecule has 13 heavy (non-hydrogen) atoms. The van der Waals surface area contributed by atoms with Crippen molar-refractivity contribution >= 4 is 0 Å². The van der Waals surface area contributed by atoms with Crippen LogP contribution >= 0.6 is 0 Å². The van der Waals surface area contributed by atoms with Gasteiger partial charge in [0.1, 0.15) is 0 Å². The number of rotatable bonds is 0. The molecule has 0 bridgehead atoms. The molecule has 0 saturated carbocycles. The zero-order valence-corrected chi connectivity index (χ0v) is 9.59. The summed E-state index contributed by atoms with van der Waals surface area (Å²) in [5.74, 6) is 1.51. The average molecular weight is 424 g/mol. The van der Waals surface area contributed by atoms with Crippen LogP contribution in [0, 0.1) is 0 Å². The van der Waals surface area contributed by atoms with Crippen molar-refractivity contribution in [3.8, 4) is 0 Å². The molecule has 0 N–H and O–H groups in total. The SMILES string of the molecule is CC1=C(C)C=C2OCOC2=C=C1.[Lr]. The molecule has 1 heterocycles. The molecule has 1 radical (unpaired) electrons. The van der Waals surface area contributed by atoms with Crippen LogP contribution in [0.4, 0.5) is 0 Å². The molecule has 2 rings (SSSR count). The van der Waals surface area contributed by atoms with E-state index < -0.39 is 0 Å². The third-order valence-corrected chi connectivity index (χ3v) is 2.03. The largest absolute Gasteiger partial charge is 0.453 e. The van der Waals surface area contributed by atoms with Gasteiger partial charge in [-0.05, 0) is 37.1 Å². The number of ether oxygens (including phenoxy) is 2. The smallest absolute Gasteiger partial charge is 0.232 e. The molecule has 0 amide bonds. The molecule has 0 atom stereocenters. The maximum absolute atomic E-state index is 5.24. The Labute approximate surface area is 71.5 Å². The second-order valence-electron chi connectivity index (χ2n) is 2.90. The molecular formula is C10H10LrO2. The Morgan fingerprint density at radius 1 is 1.23 bits per heavy atom. The fourth-order valence-corrected chi connectivity index (χ4v) is 1.11. The molecule has 77 valence electrons. The summed E-state index contributed by atoms with van der Waals surface area (Å²) in [5, 5.41) is 0. The average Bonchev–Trinajstić information content (AvgIpc) is 2.43. The predicted octanol–water partition coefficient (Wildman–Crippen LogP) is 2.26. The normalized spacial score (nSPS) is 18.9. The van der Waals surface area contributed by atoms with E-state index in [4.69, 9.17) is 9.47 Å². The first kappa shape index (κ1) is 8.69. The van der Waals surface area contributed by atoms with Crippen LogP contribution in [0.3, 0.4) is 0 Å². The second-order valence-corrected chi connectivity index (χ2v) is 2.90. The minimum atomic E-state index is 0. The minimum absolute atomic E-state index is 0. The van der Waals surface area contributed by atoms with Crippen molar-refractivity contribution in [1.29, 1.82) is 0 Å². The summed E-state index contributed by atoms with van der Waals surface area (Å²) in [4.78, 5) is 0. The number of hydrogen-bond donors (Lipinski definition) is 0. The summed E-state index contributed by atoms with van der Waals surface area (Å²) < 4.78 is 10.4. The first-order chi connectivity index (χ1) is 5.77. The van der Waals surface area contributed by atoms with E-state index in [2.05, 4.69) is 5.73 Å². The monoisotopic (exact) mass is 424 g/mol. The first-order valence-electron chi connectivity index (χ1n) is 3.89. The van der Waals surface area contributed by atoms with E-state index in [1.807, 2.05) is 26.0 Å². The van der Waals surface area contributed by atoms with Gasteiger partial charge in [-0.3, -0.25) is 0 Å². The topological polar surface area (TPSA) is 18.5 Å². The van der Waals surface area contributed by atoms with Crippen molar-refractivity contribution in [2.45, 2.75) is 13.8 Å². The molecule has 3 heteroatoms. The molecule has 1 fully saturated rings. The Kier molecular flexibility index (Phi) is 1.95.